The first-order valence-electron chi connectivity index (χ1n) is 7.13. The van der Waals surface area contributed by atoms with Crippen molar-refractivity contribution in [2.24, 2.45) is 0 Å². The average molecular weight is 296 g/mol. The standard InChI is InChI=1S/C18H16O4/c1-10-4-3-5-14-15(19)8-13-7-6-12(11(2)18(20)21)9-16(13)22-17(10)14/h3-7,9,11H,8H2,1-2H3,(H,20,21). The van der Waals surface area contributed by atoms with Crippen molar-refractivity contribution < 1.29 is 19.4 Å². The second-order valence-electron chi connectivity index (χ2n) is 5.58. The van der Waals surface area contributed by atoms with Crippen LogP contribution in [0.3, 0.4) is 0 Å². The number of carboxylic acid groups (broad SMARTS) is 1. The zero-order valence-corrected chi connectivity index (χ0v) is 12.4. The molecule has 4 nitrogen and oxygen atoms in total. The minimum absolute atomic E-state index is 0.0106. The average Bonchev–Trinajstić information content (AvgIpc) is 2.63. The molecule has 0 amide bonds. The highest BCUT2D eigenvalue weighted by Crippen LogP contribution is 2.37. The molecule has 0 saturated carbocycles. The van der Waals surface area contributed by atoms with E-state index in [1.54, 1.807) is 31.2 Å². The second kappa shape index (κ2) is 5.30. The van der Waals surface area contributed by atoms with Crippen LogP contribution < -0.4 is 4.74 Å². The molecule has 0 spiro atoms. The fourth-order valence-corrected chi connectivity index (χ4v) is 2.61. The molecule has 1 N–H and O–H groups in total. The summed E-state index contributed by atoms with van der Waals surface area (Å²) in [6.45, 7) is 3.52. The van der Waals surface area contributed by atoms with E-state index < -0.39 is 11.9 Å². The molecule has 3 rings (SSSR count). The van der Waals surface area contributed by atoms with Gasteiger partial charge >= 0.3 is 5.97 Å². The molecule has 1 aliphatic heterocycles. The quantitative estimate of drug-likeness (QED) is 0.917. The number of ether oxygens (including phenoxy) is 1. The molecule has 1 heterocycles. The van der Waals surface area contributed by atoms with Gasteiger partial charge < -0.3 is 9.84 Å². The van der Waals surface area contributed by atoms with E-state index in [2.05, 4.69) is 0 Å². The summed E-state index contributed by atoms with van der Waals surface area (Å²) in [6, 6.07) is 10.7. The highest BCUT2D eigenvalue weighted by Gasteiger charge is 2.24. The van der Waals surface area contributed by atoms with Crippen LogP contribution in [-0.4, -0.2) is 16.9 Å². The molecule has 1 aliphatic rings. The van der Waals surface area contributed by atoms with Gasteiger partial charge in [0.25, 0.3) is 0 Å². The lowest BCUT2D eigenvalue weighted by atomic mass is 9.97. The van der Waals surface area contributed by atoms with Crippen molar-refractivity contribution in [1.29, 1.82) is 0 Å². The van der Waals surface area contributed by atoms with Gasteiger partial charge in [0.05, 0.1) is 11.5 Å². The molecule has 4 heteroatoms. The maximum absolute atomic E-state index is 12.4. The van der Waals surface area contributed by atoms with Crippen molar-refractivity contribution in [2.75, 3.05) is 0 Å². The number of fused-ring (bicyclic) bond motifs is 2. The van der Waals surface area contributed by atoms with Crippen LogP contribution >= 0.6 is 0 Å². The van der Waals surface area contributed by atoms with Crippen LogP contribution in [-0.2, 0) is 11.2 Å². The molecule has 112 valence electrons. The number of ketones is 1. The molecule has 1 atom stereocenters. The van der Waals surface area contributed by atoms with Crippen LogP contribution in [0.15, 0.2) is 36.4 Å². The summed E-state index contributed by atoms with van der Waals surface area (Å²) in [6.07, 6.45) is 0.257. The molecule has 2 aromatic rings. The van der Waals surface area contributed by atoms with Crippen LogP contribution in [0.5, 0.6) is 11.5 Å². The Morgan fingerprint density at radius 1 is 1.27 bits per heavy atom. The first kappa shape index (κ1) is 14.3. The van der Waals surface area contributed by atoms with Crippen molar-refractivity contribution in [2.45, 2.75) is 26.2 Å². The van der Waals surface area contributed by atoms with Gasteiger partial charge in [0.2, 0.25) is 0 Å². The highest BCUT2D eigenvalue weighted by molar-refractivity contribution is 6.01. The molecule has 0 saturated heterocycles. The third kappa shape index (κ3) is 2.37. The Balaban J connectivity index is 2.11. The Labute approximate surface area is 128 Å². The summed E-state index contributed by atoms with van der Waals surface area (Å²) in [5, 5.41) is 9.14. The summed E-state index contributed by atoms with van der Waals surface area (Å²) in [4.78, 5) is 23.5. The lowest BCUT2D eigenvalue weighted by Gasteiger charge is -2.13. The number of para-hydroxylation sites is 1. The molecule has 0 aliphatic carbocycles. The molecule has 1 unspecified atom stereocenters. The zero-order chi connectivity index (χ0) is 15.9. The van der Waals surface area contributed by atoms with Gasteiger partial charge in [-0.1, -0.05) is 24.3 Å². The Morgan fingerprint density at radius 2 is 2.05 bits per heavy atom. The first-order chi connectivity index (χ1) is 10.5. The lowest BCUT2D eigenvalue weighted by Crippen LogP contribution is -2.08. The number of carboxylic acids is 1. The zero-order valence-electron chi connectivity index (χ0n) is 12.4. The van der Waals surface area contributed by atoms with Gasteiger partial charge in [-0.25, -0.2) is 0 Å². The SMILES string of the molecule is Cc1cccc2c1Oc1cc(C(C)C(=O)O)ccc1CC2=O. The highest BCUT2D eigenvalue weighted by atomic mass is 16.5. The number of rotatable bonds is 2. The van der Waals surface area contributed by atoms with Gasteiger partial charge in [-0.2, -0.15) is 0 Å². The van der Waals surface area contributed by atoms with E-state index in [1.165, 1.54) is 0 Å². The maximum atomic E-state index is 12.4. The van der Waals surface area contributed by atoms with E-state index >= 15 is 0 Å². The van der Waals surface area contributed by atoms with E-state index in [0.29, 0.717) is 22.6 Å². The van der Waals surface area contributed by atoms with Crippen molar-refractivity contribution in [3.05, 3.63) is 58.7 Å². The molecule has 0 aromatic heterocycles. The van der Waals surface area contributed by atoms with E-state index in [1.807, 2.05) is 19.1 Å². The van der Waals surface area contributed by atoms with Gasteiger partial charge in [-0.15, -0.1) is 0 Å². The van der Waals surface area contributed by atoms with Crippen molar-refractivity contribution in [3.63, 3.8) is 0 Å². The largest absolute Gasteiger partial charge is 0.481 e. The number of aryl methyl sites for hydroxylation is 1. The number of carbonyl (C=O) groups is 2. The number of Topliss-reactive ketones (excluding diaryl/α,β-unsaturated/α-hetero) is 1. The van der Waals surface area contributed by atoms with Gasteiger partial charge in [0.1, 0.15) is 11.5 Å². The minimum atomic E-state index is -0.888. The summed E-state index contributed by atoms with van der Waals surface area (Å²) in [7, 11) is 0. The van der Waals surface area contributed by atoms with E-state index in [0.717, 1.165) is 11.1 Å². The van der Waals surface area contributed by atoms with Crippen molar-refractivity contribution in [3.8, 4) is 11.5 Å². The van der Waals surface area contributed by atoms with E-state index in [9.17, 15) is 9.59 Å². The van der Waals surface area contributed by atoms with Crippen molar-refractivity contribution in [1.82, 2.24) is 0 Å². The Kier molecular flexibility index (Phi) is 3.45. The number of carbonyl (C=O) groups excluding carboxylic acids is 1. The molecule has 0 fully saturated rings. The summed E-state index contributed by atoms with van der Waals surface area (Å²) >= 11 is 0. The fourth-order valence-electron chi connectivity index (χ4n) is 2.61. The molecule has 22 heavy (non-hydrogen) atoms. The second-order valence-corrected chi connectivity index (χ2v) is 5.58. The summed E-state index contributed by atoms with van der Waals surface area (Å²) in [5.41, 5.74) is 2.90. The lowest BCUT2D eigenvalue weighted by molar-refractivity contribution is -0.138. The van der Waals surface area contributed by atoms with Gasteiger partial charge in [-0.05, 0) is 37.1 Å². The Morgan fingerprint density at radius 3 is 2.77 bits per heavy atom. The molecular formula is C18H16O4. The third-order valence-corrected chi connectivity index (χ3v) is 4.04. The molecular weight excluding hydrogens is 280 g/mol. The van der Waals surface area contributed by atoms with Crippen LogP contribution in [0.25, 0.3) is 0 Å². The van der Waals surface area contributed by atoms with Crippen LogP contribution in [0.1, 0.15) is 39.9 Å². The number of hydrogen-bond acceptors (Lipinski definition) is 3. The third-order valence-electron chi connectivity index (χ3n) is 4.04. The van der Waals surface area contributed by atoms with Gasteiger partial charge in [0.15, 0.2) is 5.78 Å². The smallest absolute Gasteiger partial charge is 0.310 e. The summed E-state index contributed by atoms with van der Waals surface area (Å²) in [5.74, 6) is -0.375. The monoisotopic (exact) mass is 296 g/mol. The van der Waals surface area contributed by atoms with Crippen LogP contribution in [0.2, 0.25) is 0 Å². The number of hydrogen-bond donors (Lipinski definition) is 1. The predicted molar refractivity (Wildman–Crippen MR) is 81.8 cm³/mol. The normalized spacial score (nSPS) is 14.4. The van der Waals surface area contributed by atoms with Crippen LogP contribution in [0.4, 0.5) is 0 Å². The summed E-state index contributed by atoms with van der Waals surface area (Å²) < 4.78 is 5.96. The van der Waals surface area contributed by atoms with E-state index in [4.69, 9.17) is 9.84 Å². The molecule has 0 radical (unpaired) electrons. The van der Waals surface area contributed by atoms with Crippen LogP contribution in [0, 0.1) is 6.92 Å². The Bertz CT molecular complexity index is 777. The topological polar surface area (TPSA) is 63.6 Å². The number of aliphatic carboxylic acids is 1. The Hall–Kier alpha value is -2.62. The van der Waals surface area contributed by atoms with Crippen molar-refractivity contribution >= 4 is 11.8 Å². The van der Waals surface area contributed by atoms with Gasteiger partial charge in [0, 0.05) is 12.0 Å². The number of benzene rings is 2. The fraction of sp³-hybridized carbons (Fsp3) is 0.222. The minimum Gasteiger partial charge on any atom is -0.481 e. The molecule has 0 bridgehead atoms. The molecule has 2 aromatic carbocycles. The maximum Gasteiger partial charge on any atom is 0.310 e. The van der Waals surface area contributed by atoms with Gasteiger partial charge in [-0.3, -0.25) is 9.59 Å². The first-order valence-corrected chi connectivity index (χ1v) is 7.13. The predicted octanol–water partition coefficient (Wildman–Crippen LogP) is 3.71. The van der Waals surface area contributed by atoms with E-state index in [-0.39, 0.29) is 12.2 Å².